The minimum absolute atomic E-state index is 0.245. The van der Waals surface area contributed by atoms with Gasteiger partial charge in [-0.3, -0.25) is 0 Å². The van der Waals surface area contributed by atoms with Crippen LogP contribution < -0.4 is 0 Å². The molecule has 0 amide bonds. The Hall–Kier alpha value is -1.19. The summed E-state index contributed by atoms with van der Waals surface area (Å²) in [6.07, 6.45) is 2.03. The Labute approximate surface area is 101 Å². The largest absolute Gasteiger partial charge is 0.312 e. The third-order valence-corrected chi connectivity index (χ3v) is 3.39. The topological polar surface area (TPSA) is 23.5 Å². The molecule has 1 N–H and O–H groups in total. The summed E-state index contributed by atoms with van der Waals surface area (Å²) < 4.78 is 12.9. The molecule has 0 aliphatic carbocycles. The number of hydrogen-bond donors (Lipinski definition) is 1. The lowest BCUT2D eigenvalue weighted by molar-refractivity contribution is -0.180. The van der Waals surface area contributed by atoms with Crippen molar-refractivity contribution in [2.75, 3.05) is 0 Å². The van der Waals surface area contributed by atoms with Crippen LogP contribution >= 0.6 is 0 Å². The van der Waals surface area contributed by atoms with E-state index in [2.05, 4.69) is 0 Å². The molecule has 1 aromatic carbocycles. The van der Waals surface area contributed by atoms with Crippen LogP contribution in [0.1, 0.15) is 33.3 Å². The number of nitrogens with zero attached hydrogens (tertiary/aromatic N) is 1. The van der Waals surface area contributed by atoms with E-state index >= 15 is 0 Å². The summed E-state index contributed by atoms with van der Waals surface area (Å²) in [5.74, 6) is -0.245. The predicted octanol–water partition coefficient (Wildman–Crippen LogP) is 3.47. The highest BCUT2D eigenvalue weighted by molar-refractivity contribution is 5.75. The van der Waals surface area contributed by atoms with Gasteiger partial charge < -0.3 is 5.21 Å². The molecule has 0 atom stereocenters. The van der Waals surface area contributed by atoms with Crippen LogP contribution in [0.5, 0.6) is 0 Å². The summed E-state index contributed by atoms with van der Waals surface area (Å²) >= 11 is 0. The van der Waals surface area contributed by atoms with E-state index in [0.717, 1.165) is 11.1 Å². The summed E-state index contributed by atoms with van der Waals surface area (Å²) in [5, 5.41) is 11.5. The first-order valence-electron chi connectivity index (χ1n) is 5.73. The van der Waals surface area contributed by atoms with Gasteiger partial charge in [-0.2, -0.15) is 5.06 Å². The van der Waals surface area contributed by atoms with Crippen molar-refractivity contribution in [3.05, 3.63) is 41.7 Å². The molecule has 2 rings (SSSR count). The molecule has 1 heterocycles. The lowest BCUT2D eigenvalue weighted by Gasteiger charge is -2.36. The van der Waals surface area contributed by atoms with E-state index in [1.807, 2.05) is 33.8 Å². The molecule has 1 aliphatic heterocycles. The van der Waals surface area contributed by atoms with E-state index in [4.69, 9.17) is 0 Å². The number of rotatable bonds is 1. The Kier molecular flexibility index (Phi) is 2.64. The van der Waals surface area contributed by atoms with Gasteiger partial charge in [0.2, 0.25) is 0 Å². The highest BCUT2D eigenvalue weighted by Gasteiger charge is 2.45. The van der Waals surface area contributed by atoms with Crippen molar-refractivity contribution in [1.29, 1.82) is 0 Å². The Morgan fingerprint density at radius 2 is 1.59 bits per heavy atom. The molecule has 0 unspecified atom stereocenters. The van der Waals surface area contributed by atoms with Gasteiger partial charge in [-0.1, -0.05) is 18.2 Å². The summed E-state index contributed by atoms with van der Waals surface area (Å²) in [4.78, 5) is 0. The molecule has 0 radical (unpaired) electrons. The molecule has 0 fully saturated rings. The number of hydrogen-bond acceptors (Lipinski definition) is 2. The average molecular weight is 235 g/mol. The van der Waals surface area contributed by atoms with Crippen molar-refractivity contribution in [3.8, 4) is 0 Å². The maximum atomic E-state index is 12.9. The summed E-state index contributed by atoms with van der Waals surface area (Å²) in [6, 6.07) is 6.38. The molecule has 0 saturated heterocycles. The minimum atomic E-state index is -0.471. The molecule has 1 aromatic rings. The highest BCUT2D eigenvalue weighted by Crippen LogP contribution is 2.43. The lowest BCUT2D eigenvalue weighted by Crippen LogP contribution is -2.47. The third kappa shape index (κ3) is 1.90. The number of halogens is 1. The fraction of sp³-hybridized carbons (Fsp3) is 0.429. The van der Waals surface area contributed by atoms with Gasteiger partial charge in [0.25, 0.3) is 0 Å². The maximum Gasteiger partial charge on any atom is 0.123 e. The van der Waals surface area contributed by atoms with E-state index in [-0.39, 0.29) is 5.82 Å². The molecule has 1 aliphatic rings. The van der Waals surface area contributed by atoms with Crippen LogP contribution in [0.15, 0.2) is 30.3 Å². The third-order valence-electron chi connectivity index (χ3n) is 3.39. The van der Waals surface area contributed by atoms with Crippen molar-refractivity contribution in [2.45, 2.75) is 38.8 Å². The molecule has 2 nitrogen and oxygen atoms in total. The first kappa shape index (κ1) is 12.3. The van der Waals surface area contributed by atoms with Gasteiger partial charge in [-0.05, 0) is 51.0 Å². The van der Waals surface area contributed by atoms with E-state index in [1.54, 1.807) is 12.1 Å². The fourth-order valence-electron chi connectivity index (χ4n) is 2.49. The van der Waals surface area contributed by atoms with Crippen LogP contribution in [0.2, 0.25) is 0 Å². The van der Waals surface area contributed by atoms with E-state index in [9.17, 15) is 9.60 Å². The second-order valence-electron chi connectivity index (χ2n) is 5.59. The standard InChI is InChI=1S/C14H18FNO/c1-13(2)9-12(14(3,4)16(13)17)10-5-7-11(15)8-6-10/h5-9,17H,1-4H3. The zero-order valence-electron chi connectivity index (χ0n) is 10.7. The molecule has 92 valence electrons. The summed E-state index contributed by atoms with van der Waals surface area (Å²) in [7, 11) is 0. The van der Waals surface area contributed by atoms with Crippen molar-refractivity contribution >= 4 is 5.57 Å². The zero-order valence-corrected chi connectivity index (χ0v) is 10.7. The summed E-state index contributed by atoms with van der Waals surface area (Å²) in [6.45, 7) is 7.81. The zero-order chi connectivity index (χ0) is 12.8. The quantitative estimate of drug-likeness (QED) is 0.805. The second-order valence-corrected chi connectivity index (χ2v) is 5.59. The Morgan fingerprint density at radius 1 is 1.06 bits per heavy atom. The van der Waals surface area contributed by atoms with Gasteiger partial charge in [0, 0.05) is 0 Å². The summed E-state index contributed by atoms with van der Waals surface area (Å²) in [5.41, 5.74) is 1.08. The van der Waals surface area contributed by atoms with Crippen LogP contribution in [0.25, 0.3) is 5.57 Å². The molecule has 0 bridgehead atoms. The van der Waals surface area contributed by atoms with Crippen molar-refractivity contribution in [1.82, 2.24) is 5.06 Å². The molecular formula is C14H18FNO. The average Bonchev–Trinajstić information content (AvgIpc) is 2.40. The van der Waals surface area contributed by atoms with Crippen LogP contribution in [-0.4, -0.2) is 21.3 Å². The number of hydroxylamine groups is 2. The molecule has 0 aromatic heterocycles. The van der Waals surface area contributed by atoms with Crippen LogP contribution in [0.4, 0.5) is 4.39 Å². The van der Waals surface area contributed by atoms with Gasteiger partial charge >= 0.3 is 0 Å². The smallest absolute Gasteiger partial charge is 0.123 e. The molecular weight excluding hydrogens is 217 g/mol. The minimum Gasteiger partial charge on any atom is -0.312 e. The van der Waals surface area contributed by atoms with Gasteiger partial charge in [0.05, 0.1) is 11.1 Å². The van der Waals surface area contributed by atoms with Gasteiger partial charge in [0.15, 0.2) is 0 Å². The van der Waals surface area contributed by atoms with Gasteiger partial charge in [0.1, 0.15) is 5.82 Å². The van der Waals surface area contributed by atoms with E-state index in [0.29, 0.717) is 0 Å². The van der Waals surface area contributed by atoms with Crippen molar-refractivity contribution < 1.29 is 9.60 Å². The Morgan fingerprint density at radius 3 is 2.00 bits per heavy atom. The first-order valence-corrected chi connectivity index (χ1v) is 5.73. The van der Waals surface area contributed by atoms with Crippen molar-refractivity contribution in [2.24, 2.45) is 0 Å². The molecule has 0 saturated carbocycles. The van der Waals surface area contributed by atoms with Gasteiger partial charge in [-0.25, -0.2) is 4.39 Å². The molecule has 0 spiro atoms. The van der Waals surface area contributed by atoms with Crippen LogP contribution in [0.3, 0.4) is 0 Å². The Bertz CT molecular complexity index is 460. The lowest BCUT2D eigenvalue weighted by atomic mass is 9.90. The molecule has 17 heavy (non-hydrogen) atoms. The van der Waals surface area contributed by atoms with E-state index in [1.165, 1.54) is 17.2 Å². The van der Waals surface area contributed by atoms with Crippen LogP contribution in [-0.2, 0) is 0 Å². The highest BCUT2D eigenvalue weighted by atomic mass is 19.1. The fourth-order valence-corrected chi connectivity index (χ4v) is 2.49. The second kappa shape index (κ2) is 3.65. The maximum absolute atomic E-state index is 12.9. The monoisotopic (exact) mass is 235 g/mol. The van der Waals surface area contributed by atoms with E-state index < -0.39 is 11.1 Å². The van der Waals surface area contributed by atoms with Gasteiger partial charge in [-0.15, -0.1) is 0 Å². The first-order chi connectivity index (χ1) is 7.75. The van der Waals surface area contributed by atoms with Crippen LogP contribution in [0, 0.1) is 5.82 Å². The SMILES string of the molecule is CC1(C)C=C(c2ccc(F)cc2)C(C)(C)N1O. The molecule has 3 heteroatoms. The van der Waals surface area contributed by atoms with Crippen molar-refractivity contribution in [3.63, 3.8) is 0 Å². The Balaban J connectivity index is 2.49. The number of benzene rings is 1. The normalized spacial score (nSPS) is 22.6. The predicted molar refractivity (Wildman–Crippen MR) is 66.2 cm³/mol.